The number of halogens is 8. The molecule has 1 saturated carbocycles. The Morgan fingerprint density at radius 1 is 1.12 bits per heavy atom. The number of pyridine rings is 1. The second kappa shape index (κ2) is 14.8. The summed E-state index contributed by atoms with van der Waals surface area (Å²) >= 11 is 6.71. The Hall–Kier alpha value is -4.76. The molecule has 5 aromatic rings. The van der Waals surface area contributed by atoms with Crippen LogP contribution >= 0.6 is 11.6 Å². The van der Waals surface area contributed by atoms with Crippen molar-refractivity contribution in [2.75, 3.05) is 19.3 Å². The third-order valence-electron chi connectivity index (χ3n) is 11.1. The highest BCUT2D eigenvalue weighted by atomic mass is 35.5. The van der Waals surface area contributed by atoms with Crippen molar-refractivity contribution < 1.29 is 44.8 Å². The molecule has 2 unspecified atom stereocenters. The molecule has 3 aromatic heterocycles. The maximum atomic E-state index is 15.5. The molecular weight excluding hydrogens is 825 g/mol. The largest absolute Gasteiger partial charge is 0.435 e. The Balaban J connectivity index is 1.27. The normalized spacial score (nSPS) is 20.3. The van der Waals surface area contributed by atoms with Crippen molar-refractivity contribution in [3.8, 4) is 23.0 Å². The van der Waals surface area contributed by atoms with Crippen LogP contribution in [-0.4, -0.2) is 71.0 Å². The number of carbonyl (C=O) groups is 1. The standard InChI is InChI=1S/C41H36ClF7N6O3S/c1-54-37-28(7-8-31(42)35(37)32(52-54)19-59(2,3)58)27-6-4-25(5-9-33(57)22-16-50-17-22)51-36(27)21(10-20-11-23(43)14-24(44)12-20)13-26(56)18-55-39-34(38(53-55)41(47,48)49)29-15-30(29)40(39,45)46/h4,6-8,11-12,14,21-22,29-30,33,50,57H,2,10,13,15-19H2,1,3H3/t21-,29+,30-,33?,59?/m1/s1. The van der Waals surface area contributed by atoms with Crippen LogP contribution < -0.4 is 5.32 Å². The number of hydrogen-bond acceptors (Lipinski definition) is 7. The van der Waals surface area contributed by atoms with Gasteiger partial charge in [0.1, 0.15) is 35.7 Å². The fourth-order valence-electron chi connectivity index (χ4n) is 8.33. The lowest BCUT2D eigenvalue weighted by molar-refractivity contribution is -0.142. The first-order valence-corrected chi connectivity index (χ1v) is 21.3. The van der Waals surface area contributed by atoms with Crippen LogP contribution in [0.25, 0.3) is 22.0 Å². The van der Waals surface area contributed by atoms with Gasteiger partial charge in [-0.1, -0.05) is 23.6 Å². The molecule has 3 aliphatic rings. The van der Waals surface area contributed by atoms with Gasteiger partial charge in [0, 0.05) is 78.7 Å². The van der Waals surface area contributed by atoms with Crippen LogP contribution in [0.2, 0.25) is 5.02 Å². The zero-order valence-electron chi connectivity index (χ0n) is 31.5. The topological polar surface area (TPSA) is 115 Å². The monoisotopic (exact) mass is 860 g/mol. The van der Waals surface area contributed by atoms with Crippen LogP contribution in [0.1, 0.15) is 64.3 Å². The molecule has 59 heavy (non-hydrogen) atoms. The summed E-state index contributed by atoms with van der Waals surface area (Å²) in [5.74, 6) is -0.431. The number of carbonyl (C=O) groups excluding carboxylic acids is 1. The zero-order chi connectivity index (χ0) is 42.3. The van der Waals surface area contributed by atoms with Gasteiger partial charge in [-0.2, -0.15) is 32.1 Å². The van der Waals surface area contributed by atoms with Crippen molar-refractivity contribution >= 4 is 43.7 Å². The van der Waals surface area contributed by atoms with E-state index in [4.69, 9.17) is 16.6 Å². The molecule has 0 radical (unpaired) electrons. The summed E-state index contributed by atoms with van der Waals surface area (Å²) in [6.07, 6.45) is -5.48. The minimum Gasteiger partial charge on any atom is -0.380 e. The van der Waals surface area contributed by atoms with Crippen LogP contribution in [-0.2, 0) is 52.2 Å². The van der Waals surface area contributed by atoms with Gasteiger partial charge in [-0.05, 0) is 76.0 Å². The van der Waals surface area contributed by atoms with E-state index in [0.717, 1.165) is 12.1 Å². The number of rotatable bonds is 11. The number of fused-ring (bicyclic) bond motifs is 4. The number of benzene rings is 2. The van der Waals surface area contributed by atoms with Crippen LogP contribution in [0.5, 0.6) is 0 Å². The van der Waals surface area contributed by atoms with Gasteiger partial charge in [0.25, 0.3) is 5.92 Å². The number of aromatic nitrogens is 5. The molecule has 0 amide bonds. The molecule has 1 aliphatic heterocycles. The molecule has 2 N–H and O–H groups in total. The number of aliphatic hydroxyl groups is 1. The van der Waals surface area contributed by atoms with Gasteiger partial charge < -0.3 is 10.4 Å². The Bertz CT molecular complexity index is 2700. The number of Topliss-reactive ketones (excluding diaryl/α,β-unsaturated/α-hetero) is 1. The summed E-state index contributed by atoms with van der Waals surface area (Å²) in [5.41, 5.74) is -0.858. The fraction of sp³-hybridized carbons (Fsp3) is 0.390. The molecule has 310 valence electrons. The van der Waals surface area contributed by atoms with Crippen molar-refractivity contribution in [1.29, 1.82) is 0 Å². The summed E-state index contributed by atoms with van der Waals surface area (Å²) in [5, 5.41) is 22.6. The Morgan fingerprint density at radius 3 is 2.46 bits per heavy atom. The number of aliphatic hydroxyl groups excluding tert-OH is 1. The molecule has 2 fully saturated rings. The van der Waals surface area contributed by atoms with E-state index in [1.807, 2.05) is 0 Å². The average molecular weight is 861 g/mol. The third kappa shape index (κ3) is 7.87. The van der Waals surface area contributed by atoms with Gasteiger partial charge in [-0.25, -0.2) is 13.8 Å². The number of hydrogen-bond donors (Lipinski definition) is 2. The SMILES string of the molecule is C=S(C)(=O)Cc1nn(C)c2c(-c3ccc(C#CC(O)C4CNC4)nc3[C@@H](CC(=O)Cn3nc(C(F)(F)F)c4c3C(F)(F)[C@@H]3C[C@H]43)Cc3cc(F)cc(F)c3)ccc(Cl)c12. The number of ketones is 1. The van der Waals surface area contributed by atoms with Crippen LogP contribution in [0.15, 0.2) is 42.5 Å². The highest BCUT2D eigenvalue weighted by Gasteiger charge is 2.68. The number of aryl methyl sites for hydroxylation is 1. The zero-order valence-corrected chi connectivity index (χ0v) is 33.1. The van der Waals surface area contributed by atoms with E-state index in [1.165, 1.54) is 10.9 Å². The van der Waals surface area contributed by atoms with E-state index in [9.17, 15) is 36.1 Å². The summed E-state index contributed by atoms with van der Waals surface area (Å²) in [4.78, 5) is 18.9. The summed E-state index contributed by atoms with van der Waals surface area (Å²) in [6, 6.07) is 9.27. The highest BCUT2D eigenvalue weighted by Crippen LogP contribution is 2.68. The van der Waals surface area contributed by atoms with Gasteiger partial charge in [0.2, 0.25) is 0 Å². The predicted octanol–water partition coefficient (Wildman–Crippen LogP) is 6.75. The lowest BCUT2D eigenvalue weighted by atomic mass is 9.86. The quantitative estimate of drug-likeness (QED) is 0.0858. The van der Waals surface area contributed by atoms with Gasteiger partial charge in [0.15, 0.2) is 11.5 Å². The molecule has 0 spiro atoms. The molecule has 18 heteroatoms. The average Bonchev–Trinajstić information content (AvgIpc) is 3.64. The van der Waals surface area contributed by atoms with Crippen molar-refractivity contribution in [3.05, 3.63) is 98.7 Å². The second-order valence-electron chi connectivity index (χ2n) is 15.7. The van der Waals surface area contributed by atoms with E-state index in [0.29, 0.717) is 51.6 Å². The number of alkyl halides is 5. The maximum Gasteiger partial charge on any atom is 0.435 e. The van der Waals surface area contributed by atoms with E-state index < -0.39 is 92.8 Å². The van der Waals surface area contributed by atoms with Gasteiger partial charge in [0.05, 0.1) is 27.7 Å². The first kappa shape index (κ1) is 41.0. The van der Waals surface area contributed by atoms with Crippen molar-refractivity contribution in [2.45, 2.75) is 61.6 Å². The summed E-state index contributed by atoms with van der Waals surface area (Å²) in [6.45, 7) is 0.161. The molecule has 9 nitrogen and oxygen atoms in total. The Morgan fingerprint density at radius 2 is 1.81 bits per heavy atom. The second-order valence-corrected chi connectivity index (χ2v) is 18.8. The summed E-state index contributed by atoms with van der Waals surface area (Å²) in [7, 11) is -0.953. The molecule has 2 aromatic carbocycles. The predicted molar refractivity (Wildman–Crippen MR) is 207 cm³/mol. The lowest BCUT2D eigenvalue weighted by Crippen LogP contribution is -2.48. The minimum absolute atomic E-state index is 0.0119. The van der Waals surface area contributed by atoms with E-state index in [1.54, 1.807) is 31.3 Å². The molecular formula is C41H36ClF7N6O3S. The minimum atomic E-state index is -5.05. The molecule has 8 rings (SSSR count). The van der Waals surface area contributed by atoms with E-state index in [-0.39, 0.29) is 46.5 Å². The van der Waals surface area contributed by atoms with Gasteiger partial charge >= 0.3 is 6.18 Å². The van der Waals surface area contributed by atoms with Crippen LogP contribution in [0, 0.1) is 35.3 Å². The smallest absolute Gasteiger partial charge is 0.380 e. The van der Waals surface area contributed by atoms with E-state index in [2.05, 4.69) is 33.2 Å². The molecule has 4 heterocycles. The summed E-state index contributed by atoms with van der Waals surface area (Å²) < 4.78 is 117. The van der Waals surface area contributed by atoms with Gasteiger partial charge in [-0.15, -0.1) is 0 Å². The molecule has 1 saturated heterocycles. The number of nitrogens with zero attached hydrogens (tertiary/aromatic N) is 5. The van der Waals surface area contributed by atoms with Crippen LogP contribution in [0.3, 0.4) is 0 Å². The maximum absolute atomic E-state index is 15.5. The fourth-order valence-corrected chi connectivity index (χ4v) is 9.37. The lowest BCUT2D eigenvalue weighted by Gasteiger charge is -2.28. The first-order valence-electron chi connectivity index (χ1n) is 18.6. The Labute approximate surface area is 339 Å². The van der Waals surface area contributed by atoms with Gasteiger partial charge in [-0.3, -0.25) is 18.4 Å². The van der Waals surface area contributed by atoms with Crippen molar-refractivity contribution in [2.24, 2.45) is 18.9 Å². The molecule has 5 atom stereocenters. The first-order chi connectivity index (χ1) is 27.7. The highest BCUT2D eigenvalue weighted by molar-refractivity contribution is 7.98. The van der Waals surface area contributed by atoms with E-state index >= 15 is 8.78 Å². The van der Waals surface area contributed by atoms with Crippen molar-refractivity contribution in [1.82, 2.24) is 29.9 Å². The third-order valence-corrected chi connectivity index (χ3v) is 12.3. The molecule has 0 bridgehead atoms. The number of nitrogens with one attached hydrogen (secondary N) is 1. The molecule has 2 aliphatic carbocycles. The van der Waals surface area contributed by atoms with Crippen LogP contribution in [0.4, 0.5) is 30.7 Å². The van der Waals surface area contributed by atoms with Crippen molar-refractivity contribution in [3.63, 3.8) is 0 Å². The Kier molecular flexibility index (Phi) is 10.3.